The van der Waals surface area contributed by atoms with Gasteiger partial charge in [0.05, 0.1) is 17.4 Å². The van der Waals surface area contributed by atoms with Gasteiger partial charge >= 0.3 is 0 Å². The number of nitrogens with one attached hydrogen (secondary N) is 3. The largest absolute Gasteiger partial charge is 0.382 e. The van der Waals surface area contributed by atoms with Crippen LogP contribution in [0.3, 0.4) is 0 Å². The summed E-state index contributed by atoms with van der Waals surface area (Å²) < 4.78 is 33.4. The van der Waals surface area contributed by atoms with Gasteiger partial charge < -0.3 is 15.4 Å². The third kappa shape index (κ3) is 4.06. The van der Waals surface area contributed by atoms with Crippen molar-refractivity contribution < 1.29 is 17.9 Å². The van der Waals surface area contributed by atoms with E-state index in [2.05, 4.69) is 15.4 Å². The number of fused-ring (bicyclic) bond motifs is 1. The molecule has 142 valence electrons. The van der Waals surface area contributed by atoms with Crippen LogP contribution in [0.1, 0.15) is 18.4 Å². The molecule has 2 heterocycles. The zero-order chi connectivity index (χ0) is 18.9. The number of carbonyl (C=O) groups excluding carboxylic acids is 1. The fraction of sp³-hybridized carbons (Fsp3) is 0.316. The molecule has 0 spiro atoms. The van der Waals surface area contributed by atoms with Crippen LogP contribution in [0, 0.1) is 0 Å². The Labute approximate surface area is 158 Å². The Morgan fingerprint density at radius 2 is 1.89 bits per heavy atom. The summed E-state index contributed by atoms with van der Waals surface area (Å²) in [6, 6.07) is 11.7. The number of sulfonamides is 1. The van der Waals surface area contributed by atoms with Crippen molar-refractivity contribution in [2.45, 2.75) is 30.3 Å². The molecule has 1 fully saturated rings. The summed E-state index contributed by atoms with van der Waals surface area (Å²) in [7, 11) is -3.72. The molecular formula is C19H21N3O4S. The molecule has 2 aliphatic heterocycles. The summed E-state index contributed by atoms with van der Waals surface area (Å²) in [5.74, 6) is -0.126. The van der Waals surface area contributed by atoms with Crippen LogP contribution >= 0.6 is 0 Å². The number of hydrogen-bond donors (Lipinski definition) is 3. The number of carbonyl (C=O) groups is 1. The van der Waals surface area contributed by atoms with Crippen molar-refractivity contribution in [3.63, 3.8) is 0 Å². The molecule has 2 aromatic carbocycles. The molecule has 2 aliphatic rings. The number of rotatable bonds is 6. The highest BCUT2D eigenvalue weighted by molar-refractivity contribution is 7.92. The fourth-order valence-corrected chi connectivity index (χ4v) is 4.39. The van der Waals surface area contributed by atoms with Gasteiger partial charge in [0.15, 0.2) is 0 Å². The van der Waals surface area contributed by atoms with Crippen molar-refractivity contribution >= 4 is 33.0 Å². The van der Waals surface area contributed by atoms with E-state index in [-0.39, 0.29) is 23.3 Å². The predicted molar refractivity (Wildman–Crippen MR) is 103 cm³/mol. The van der Waals surface area contributed by atoms with Gasteiger partial charge in [0.25, 0.3) is 10.0 Å². The molecule has 7 nitrogen and oxygen atoms in total. The highest BCUT2D eigenvalue weighted by Gasteiger charge is 2.22. The second kappa shape index (κ2) is 7.21. The molecule has 1 saturated heterocycles. The van der Waals surface area contributed by atoms with E-state index in [0.717, 1.165) is 31.7 Å². The van der Waals surface area contributed by atoms with Crippen LogP contribution in [0.5, 0.6) is 0 Å². The summed E-state index contributed by atoms with van der Waals surface area (Å²) in [6.45, 7) is 1.56. The fourth-order valence-electron chi connectivity index (χ4n) is 3.28. The molecule has 4 rings (SSSR count). The molecule has 1 atom stereocenters. The Hall–Kier alpha value is -2.58. The quantitative estimate of drug-likeness (QED) is 0.708. The average molecular weight is 387 g/mol. The summed E-state index contributed by atoms with van der Waals surface area (Å²) in [6.07, 6.45) is 2.60. The van der Waals surface area contributed by atoms with Crippen molar-refractivity contribution in [2.75, 3.05) is 28.5 Å². The predicted octanol–water partition coefficient (Wildman–Crippen LogP) is 2.57. The third-order valence-electron chi connectivity index (χ3n) is 4.71. The van der Waals surface area contributed by atoms with Gasteiger partial charge in [-0.05, 0) is 60.9 Å². The van der Waals surface area contributed by atoms with Crippen LogP contribution in [0.4, 0.5) is 17.1 Å². The lowest BCUT2D eigenvalue weighted by molar-refractivity contribution is -0.115. The van der Waals surface area contributed by atoms with Crippen molar-refractivity contribution in [3.05, 3.63) is 48.0 Å². The zero-order valence-electron chi connectivity index (χ0n) is 14.7. The molecule has 0 aliphatic carbocycles. The van der Waals surface area contributed by atoms with Crippen molar-refractivity contribution in [1.29, 1.82) is 0 Å². The van der Waals surface area contributed by atoms with Crippen LogP contribution in [0.25, 0.3) is 0 Å². The molecular weight excluding hydrogens is 366 g/mol. The lowest BCUT2D eigenvalue weighted by atomic mass is 10.2. The van der Waals surface area contributed by atoms with Crippen LogP contribution in [-0.2, 0) is 26.0 Å². The molecule has 2 aromatic rings. The number of amides is 1. The van der Waals surface area contributed by atoms with Crippen LogP contribution in [0.15, 0.2) is 47.4 Å². The summed E-state index contributed by atoms with van der Waals surface area (Å²) >= 11 is 0. The second-order valence-electron chi connectivity index (χ2n) is 6.74. The highest BCUT2D eigenvalue weighted by Crippen LogP contribution is 2.27. The normalized spacial score (nSPS) is 18.8. The van der Waals surface area contributed by atoms with Crippen LogP contribution < -0.4 is 15.4 Å². The molecule has 1 unspecified atom stereocenters. The first-order valence-electron chi connectivity index (χ1n) is 8.91. The molecule has 1 amide bonds. The molecule has 27 heavy (non-hydrogen) atoms. The first-order chi connectivity index (χ1) is 13.0. The Balaban J connectivity index is 1.42. The Bertz CT molecular complexity index is 951. The maximum atomic E-state index is 12.6. The first-order valence-corrected chi connectivity index (χ1v) is 10.4. The minimum atomic E-state index is -3.72. The van der Waals surface area contributed by atoms with E-state index in [9.17, 15) is 13.2 Å². The summed E-state index contributed by atoms with van der Waals surface area (Å²) in [5, 5.41) is 5.99. The summed E-state index contributed by atoms with van der Waals surface area (Å²) in [5.41, 5.74) is 2.75. The maximum absolute atomic E-state index is 12.6. The van der Waals surface area contributed by atoms with Crippen molar-refractivity contribution in [2.24, 2.45) is 0 Å². The van der Waals surface area contributed by atoms with E-state index in [1.165, 1.54) is 12.1 Å². The number of anilines is 3. The van der Waals surface area contributed by atoms with E-state index in [1.54, 1.807) is 18.2 Å². The van der Waals surface area contributed by atoms with Crippen molar-refractivity contribution in [3.8, 4) is 0 Å². The van der Waals surface area contributed by atoms with Crippen molar-refractivity contribution in [1.82, 2.24) is 0 Å². The van der Waals surface area contributed by atoms with Gasteiger partial charge in [-0.2, -0.15) is 0 Å². The van der Waals surface area contributed by atoms with Gasteiger partial charge in [-0.15, -0.1) is 0 Å². The minimum Gasteiger partial charge on any atom is -0.382 e. The van der Waals surface area contributed by atoms with E-state index >= 15 is 0 Å². The van der Waals surface area contributed by atoms with Gasteiger partial charge in [-0.25, -0.2) is 8.42 Å². The molecule has 0 saturated carbocycles. The Morgan fingerprint density at radius 1 is 1.11 bits per heavy atom. The van der Waals surface area contributed by atoms with Crippen LogP contribution in [0.2, 0.25) is 0 Å². The average Bonchev–Trinajstić information content (AvgIpc) is 3.28. The van der Waals surface area contributed by atoms with E-state index in [0.29, 0.717) is 16.9 Å². The van der Waals surface area contributed by atoms with Gasteiger partial charge in [0.1, 0.15) is 0 Å². The summed E-state index contributed by atoms with van der Waals surface area (Å²) in [4.78, 5) is 11.6. The van der Waals surface area contributed by atoms with Crippen LogP contribution in [-0.4, -0.2) is 33.6 Å². The third-order valence-corrected chi connectivity index (χ3v) is 6.09. The lowest BCUT2D eigenvalue weighted by Gasteiger charge is -2.13. The number of benzene rings is 2. The second-order valence-corrected chi connectivity index (χ2v) is 8.43. The lowest BCUT2D eigenvalue weighted by Crippen LogP contribution is -2.18. The molecule has 0 bridgehead atoms. The topological polar surface area (TPSA) is 96.5 Å². The monoisotopic (exact) mass is 387 g/mol. The number of hydrogen-bond acceptors (Lipinski definition) is 5. The smallest absolute Gasteiger partial charge is 0.261 e. The van der Waals surface area contributed by atoms with E-state index in [1.807, 2.05) is 12.1 Å². The Kier molecular flexibility index (Phi) is 4.75. The molecule has 0 aromatic heterocycles. The SMILES string of the molecule is O=C1Cc2cc(S(=O)(=O)Nc3ccc(NCC4CCCO4)cc3)ccc2N1. The van der Waals surface area contributed by atoms with E-state index < -0.39 is 10.0 Å². The van der Waals surface area contributed by atoms with Gasteiger partial charge in [-0.1, -0.05) is 0 Å². The van der Waals surface area contributed by atoms with Gasteiger partial charge in [-0.3, -0.25) is 9.52 Å². The molecule has 8 heteroatoms. The highest BCUT2D eigenvalue weighted by atomic mass is 32.2. The standard InChI is InChI=1S/C19H21N3O4S/c23-19-11-13-10-17(7-8-18(13)21-19)27(24,25)22-15-5-3-14(4-6-15)20-12-16-2-1-9-26-16/h3-8,10,16,20,22H,1-2,9,11-12H2,(H,21,23). The molecule has 0 radical (unpaired) electrons. The molecule has 3 N–H and O–H groups in total. The first kappa shape index (κ1) is 17.8. The Morgan fingerprint density at radius 3 is 2.63 bits per heavy atom. The minimum absolute atomic E-state index is 0.126. The van der Waals surface area contributed by atoms with Gasteiger partial charge in [0, 0.05) is 30.2 Å². The van der Waals surface area contributed by atoms with Gasteiger partial charge in [0.2, 0.25) is 5.91 Å². The zero-order valence-corrected chi connectivity index (χ0v) is 15.5. The number of ether oxygens (including phenoxy) is 1. The van der Waals surface area contributed by atoms with E-state index in [4.69, 9.17) is 4.74 Å². The maximum Gasteiger partial charge on any atom is 0.261 e.